The van der Waals surface area contributed by atoms with Crippen LogP contribution in [-0.4, -0.2) is 53.1 Å². The molecule has 28 heavy (non-hydrogen) atoms. The lowest BCUT2D eigenvalue weighted by atomic mass is 9.98. The van der Waals surface area contributed by atoms with E-state index in [1.54, 1.807) is 0 Å². The average molecular weight is 388 g/mol. The molecule has 3 unspecified atom stereocenters. The summed E-state index contributed by atoms with van der Waals surface area (Å²) < 4.78 is 11.7. The highest BCUT2D eigenvalue weighted by Crippen LogP contribution is 2.23. The highest BCUT2D eigenvalue weighted by molar-refractivity contribution is 5.14. The number of hydrogen-bond donors (Lipinski definition) is 2. The van der Waals surface area contributed by atoms with Gasteiger partial charge in [-0.05, 0) is 25.5 Å². The molecule has 0 bridgehead atoms. The largest absolute Gasteiger partial charge is 0.390 e. The normalized spacial score (nSPS) is 22.9. The summed E-state index contributed by atoms with van der Waals surface area (Å²) in [7, 11) is 2.08. The summed E-state index contributed by atoms with van der Waals surface area (Å²) in [5, 5.41) is 17.8. The summed E-state index contributed by atoms with van der Waals surface area (Å²) in [6.45, 7) is 6.44. The number of aromatic nitrogens is 1. The van der Waals surface area contributed by atoms with Crippen LogP contribution in [0.3, 0.4) is 0 Å². The fraction of sp³-hybridized carbons (Fsp3) is 0.591. The van der Waals surface area contributed by atoms with Crippen LogP contribution in [0.25, 0.3) is 0 Å². The zero-order chi connectivity index (χ0) is 19.9. The monoisotopic (exact) mass is 387 g/mol. The van der Waals surface area contributed by atoms with Gasteiger partial charge >= 0.3 is 0 Å². The third kappa shape index (κ3) is 6.41. The van der Waals surface area contributed by atoms with Crippen LogP contribution in [0.5, 0.6) is 0 Å². The highest BCUT2D eigenvalue weighted by atomic mass is 16.5. The van der Waals surface area contributed by atoms with Crippen LogP contribution in [-0.2, 0) is 24.2 Å². The van der Waals surface area contributed by atoms with Gasteiger partial charge in [0.1, 0.15) is 0 Å². The van der Waals surface area contributed by atoms with Crippen molar-refractivity contribution in [2.45, 2.75) is 70.6 Å². The van der Waals surface area contributed by atoms with E-state index in [4.69, 9.17) is 9.26 Å². The minimum Gasteiger partial charge on any atom is -0.390 e. The van der Waals surface area contributed by atoms with Gasteiger partial charge in [0.05, 0.1) is 30.6 Å². The van der Waals surface area contributed by atoms with Crippen LogP contribution in [0, 0.1) is 0 Å². The molecule has 0 spiro atoms. The molecule has 0 radical (unpaired) electrons. The molecule has 1 aromatic heterocycles. The van der Waals surface area contributed by atoms with Crippen LogP contribution < -0.4 is 5.32 Å². The predicted octanol–water partition coefficient (Wildman–Crippen LogP) is 2.76. The number of ether oxygens (including phenoxy) is 1. The predicted molar refractivity (Wildman–Crippen MR) is 109 cm³/mol. The maximum Gasteiger partial charge on any atom is 0.150 e. The minimum absolute atomic E-state index is 0.0716. The summed E-state index contributed by atoms with van der Waals surface area (Å²) >= 11 is 0. The molecular formula is C22H33N3O3. The van der Waals surface area contributed by atoms with Crippen molar-refractivity contribution in [2.75, 3.05) is 13.6 Å². The van der Waals surface area contributed by atoms with E-state index in [9.17, 15) is 5.11 Å². The third-order valence-corrected chi connectivity index (χ3v) is 5.07. The van der Waals surface area contributed by atoms with Crippen molar-refractivity contribution < 1.29 is 14.4 Å². The number of nitrogens with zero attached hydrogens (tertiary/aromatic N) is 2. The van der Waals surface area contributed by atoms with Crippen LogP contribution in [0.1, 0.15) is 43.7 Å². The molecule has 1 aliphatic rings. The van der Waals surface area contributed by atoms with Gasteiger partial charge in [-0.15, -0.1) is 0 Å². The molecule has 0 saturated carbocycles. The Hall–Kier alpha value is -1.73. The number of aliphatic hydroxyl groups is 1. The van der Waals surface area contributed by atoms with Crippen LogP contribution in [0.15, 0.2) is 40.9 Å². The van der Waals surface area contributed by atoms with Crippen LogP contribution in [0.4, 0.5) is 0 Å². The van der Waals surface area contributed by atoms with Gasteiger partial charge in [0.25, 0.3) is 0 Å². The van der Waals surface area contributed by atoms with Gasteiger partial charge in [0, 0.05) is 31.6 Å². The Balaban J connectivity index is 1.48. The topological polar surface area (TPSA) is 70.8 Å². The van der Waals surface area contributed by atoms with Crippen molar-refractivity contribution in [3.05, 3.63) is 53.4 Å². The summed E-state index contributed by atoms with van der Waals surface area (Å²) in [6.07, 6.45) is 1.83. The van der Waals surface area contributed by atoms with E-state index < -0.39 is 6.10 Å². The molecule has 0 amide bonds. The van der Waals surface area contributed by atoms with Crippen molar-refractivity contribution in [3.8, 4) is 0 Å². The van der Waals surface area contributed by atoms with Crippen molar-refractivity contribution in [2.24, 2.45) is 0 Å². The van der Waals surface area contributed by atoms with Crippen molar-refractivity contribution in [1.82, 2.24) is 15.4 Å². The van der Waals surface area contributed by atoms with E-state index in [2.05, 4.69) is 60.5 Å². The van der Waals surface area contributed by atoms with Crippen molar-refractivity contribution >= 4 is 0 Å². The molecule has 1 aromatic carbocycles. The SMILES string of the molecule is CC(C)NCC1OC(Cc2cc(CN(C)Cc3ccccc3)on2)CCC1O. The second kappa shape index (κ2) is 10.2. The van der Waals surface area contributed by atoms with Gasteiger partial charge in [-0.25, -0.2) is 0 Å². The second-order valence-electron chi connectivity index (χ2n) is 8.15. The van der Waals surface area contributed by atoms with Gasteiger partial charge in [0.15, 0.2) is 5.76 Å². The lowest BCUT2D eigenvalue weighted by Crippen LogP contribution is -2.46. The van der Waals surface area contributed by atoms with E-state index >= 15 is 0 Å². The molecule has 2 N–H and O–H groups in total. The molecule has 6 heteroatoms. The number of hydrogen-bond acceptors (Lipinski definition) is 6. The zero-order valence-corrected chi connectivity index (χ0v) is 17.2. The summed E-state index contributed by atoms with van der Waals surface area (Å²) in [5.41, 5.74) is 2.19. The Bertz CT molecular complexity index is 704. The molecule has 0 aliphatic carbocycles. The Morgan fingerprint density at radius 3 is 2.75 bits per heavy atom. The van der Waals surface area contributed by atoms with E-state index in [0.717, 1.165) is 37.3 Å². The lowest BCUT2D eigenvalue weighted by Gasteiger charge is -2.34. The van der Waals surface area contributed by atoms with Gasteiger partial charge in [-0.2, -0.15) is 0 Å². The smallest absolute Gasteiger partial charge is 0.150 e. The van der Waals surface area contributed by atoms with Crippen molar-refractivity contribution in [3.63, 3.8) is 0 Å². The second-order valence-corrected chi connectivity index (χ2v) is 8.15. The van der Waals surface area contributed by atoms with Crippen molar-refractivity contribution in [1.29, 1.82) is 0 Å². The van der Waals surface area contributed by atoms with Gasteiger partial charge in [0.2, 0.25) is 0 Å². The quantitative estimate of drug-likeness (QED) is 0.689. The first-order valence-electron chi connectivity index (χ1n) is 10.2. The molecule has 1 saturated heterocycles. The molecule has 1 fully saturated rings. The molecule has 2 heterocycles. The van der Waals surface area contributed by atoms with E-state index in [1.165, 1.54) is 5.56 Å². The zero-order valence-electron chi connectivity index (χ0n) is 17.2. The van der Waals surface area contributed by atoms with Gasteiger partial charge in [-0.1, -0.05) is 49.3 Å². The Morgan fingerprint density at radius 2 is 2.00 bits per heavy atom. The fourth-order valence-corrected chi connectivity index (χ4v) is 3.61. The summed E-state index contributed by atoms with van der Waals surface area (Å²) in [5.74, 6) is 0.863. The molecule has 3 rings (SSSR count). The molecule has 1 aliphatic heterocycles. The Kier molecular flexibility index (Phi) is 7.62. The number of benzene rings is 1. The minimum atomic E-state index is -0.401. The van der Waals surface area contributed by atoms with Gasteiger partial charge in [-0.3, -0.25) is 4.90 Å². The number of aliphatic hydroxyl groups excluding tert-OH is 1. The van der Waals surface area contributed by atoms with E-state index in [-0.39, 0.29) is 12.2 Å². The molecule has 2 aromatic rings. The maximum atomic E-state index is 10.2. The summed E-state index contributed by atoms with van der Waals surface area (Å²) in [6, 6.07) is 12.8. The average Bonchev–Trinajstić information content (AvgIpc) is 3.09. The Morgan fingerprint density at radius 1 is 1.21 bits per heavy atom. The number of rotatable bonds is 9. The fourth-order valence-electron chi connectivity index (χ4n) is 3.61. The number of nitrogens with one attached hydrogen (secondary N) is 1. The maximum absolute atomic E-state index is 10.2. The van der Waals surface area contributed by atoms with Gasteiger partial charge < -0.3 is 19.7 Å². The molecule has 154 valence electrons. The van der Waals surface area contributed by atoms with E-state index in [0.29, 0.717) is 19.1 Å². The van der Waals surface area contributed by atoms with Crippen LogP contribution >= 0.6 is 0 Å². The first kappa shape index (κ1) is 21.0. The first-order chi connectivity index (χ1) is 13.5. The molecular weight excluding hydrogens is 354 g/mol. The summed E-state index contributed by atoms with van der Waals surface area (Å²) in [4.78, 5) is 2.21. The first-order valence-corrected chi connectivity index (χ1v) is 10.2. The van der Waals surface area contributed by atoms with Crippen LogP contribution in [0.2, 0.25) is 0 Å². The highest BCUT2D eigenvalue weighted by Gasteiger charge is 2.30. The third-order valence-electron chi connectivity index (χ3n) is 5.07. The standard InChI is InChI=1S/C22H33N3O3/c1-16(2)23-13-22-21(26)10-9-19(27-22)11-18-12-20(28-24-18)15-25(3)14-17-7-5-4-6-8-17/h4-8,12,16,19,21-23,26H,9-11,13-15H2,1-3H3. The Labute approximate surface area is 167 Å². The molecule has 3 atom stereocenters. The van der Waals surface area contributed by atoms with E-state index in [1.807, 2.05) is 12.1 Å². The molecule has 6 nitrogen and oxygen atoms in total. The lowest BCUT2D eigenvalue weighted by molar-refractivity contribution is -0.115.